The van der Waals surface area contributed by atoms with Crippen molar-refractivity contribution in [1.82, 2.24) is 10.3 Å². The van der Waals surface area contributed by atoms with E-state index in [1.54, 1.807) is 48.7 Å². The maximum Gasteiger partial charge on any atom is 0.255 e. The van der Waals surface area contributed by atoms with Gasteiger partial charge in [-0.25, -0.2) is 4.98 Å². The summed E-state index contributed by atoms with van der Waals surface area (Å²) in [6, 6.07) is 17.9. The highest BCUT2D eigenvalue weighted by Gasteiger charge is 2.15. The van der Waals surface area contributed by atoms with E-state index in [0.717, 1.165) is 10.9 Å². The van der Waals surface area contributed by atoms with Gasteiger partial charge >= 0.3 is 0 Å². The highest BCUT2D eigenvalue weighted by Crippen LogP contribution is 2.28. The number of phenolic OH excluding ortho intramolecular Hbond substituents is 1. The number of halogens is 1. The van der Waals surface area contributed by atoms with Crippen LogP contribution in [0, 0.1) is 0 Å². The second-order valence-electron chi connectivity index (χ2n) is 6.43. The minimum Gasteiger partial charge on any atom is -0.505 e. The summed E-state index contributed by atoms with van der Waals surface area (Å²) in [5.74, 6) is 0.175. The maximum atomic E-state index is 12.6. The molecule has 0 aliphatic heterocycles. The van der Waals surface area contributed by atoms with Crippen LogP contribution in [0.2, 0.25) is 5.02 Å². The van der Waals surface area contributed by atoms with Crippen LogP contribution in [-0.2, 0) is 6.54 Å². The molecular weight excluding hydrogens is 388 g/mol. The van der Waals surface area contributed by atoms with E-state index in [2.05, 4.69) is 10.3 Å². The van der Waals surface area contributed by atoms with Gasteiger partial charge in [0.15, 0.2) is 5.75 Å². The first-order valence-corrected chi connectivity index (χ1v) is 9.35. The SMILES string of the molecule is O=C(NCc1ccc(Cl)cc1)c1ccc2ccc(/C=C/c3ccco3)nc2c1O. The van der Waals surface area contributed by atoms with E-state index in [1.165, 1.54) is 0 Å². The highest BCUT2D eigenvalue weighted by molar-refractivity contribution is 6.30. The number of amides is 1. The van der Waals surface area contributed by atoms with Crippen LogP contribution in [0.1, 0.15) is 27.4 Å². The molecule has 0 radical (unpaired) electrons. The molecule has 0 aliphatic carbocycles. The van der Waals surface area contributed by atoms with Crippen LogP contribution >= 0.6 is 11.6 Å². The first kappa shape index (κ1) is 18.8. The van der Waals surface area contributed by atoms with Gasteiger partial charge in [0.2, 0.25) is 0 Å². The molecular formula is C23H17ClN2O3. The summed E-state index contributed by atoms with van der Waals surface area (Å²) >= 11 is 5.87. The number of furan rings is 1. The fourth-order valence-electron chi connectivity index (χ4n) is 2.90. The zero-order valence-corrected chi connectivity index (χ0v) is 16.1. The van der Waals surface area contributed by atoms with Crippen LogP contribution in [0.5, 0.6) is 5.75 Å². The van der Waals surface area contributed by atoms with Gasteiger partial charge in [-0.1, -0.05) is 35.9 Å². The number of nitrogens with one attached hydrogen (secondary N) is 1. The van der Waals surface area contributed by atoms with E-state index in [4.69, 9.17) is 16.0 Å². The number of hydrogen-bond acceptors (Lipinski definition) is 4. The summed E-state index contributed by atoms with van der Waals surface area (Å²) in [6.45, 7) is 0.326. The normalized spacial score (nSPS) is 11.2. The Hall–Kier alpha value is -3.57. The number of rotatable bonds is 5. The number of carbonyl (C=O) groups is 1. The van der Waals surface area contributed by atoms with Crippen molar-refractivity contribution in [3.63, 3.8) is 0 Å². The summed E-state index contributed by atoms with van der Waals surface area (Å²) < 4.78 is 5.26. The van der Waals surface area contributed by atoms with Crippen LogP contribution in [0.3, 0.4) is 0 Å². The standard InChI is InChI=1S/C23H17ClN2O3/c24-17-7-3-15(4-8-17)14-25-23(28)20-12-6-16-5-9-18(26-21(16)22(20)27)10-11-19-2-1-13-29-19/h1-13,27H,14H2,(H,25,28)/b11-10+. The van der Waals surface area contributed by atoms with E-state index < -0.39 is 0 Å². The second-order valence-corrected chi connectivity index (χ2v) is 6.86. The first-order valence-electron chi connectivity index (χ1n) is 8.97. The molecule has 0 saturated heterocycles. The summed E-state index contributed by atoms with van der Waals surface area (Å²) in [4.78, 5) is 17.0. The van der Waals surface area contributed by atoms with Crippen molar-refractivity contribution in [2.45, 2.75) is 6.54 Å². The molecule has 144 valence electrons. The smallest absolute Gasteiger partial charge is 0.255 e. The van der Waals surface area contributed by atoms with Gasteiger partial charge in [-0.15, -0.1) is 0 Å². The third kappa shape index (κ3) is 4.31. The molecule has 2 aromatic carbocycles. The lowest BCUT2D eigenvalue weighted by molar-refractivity contribution is 0.0948. The molecule has 0 aliphatic rings. The molecule has 29 heavy (non-hydrogen) atoms. The van der Waals surface area contributed by atoms with Crippen LogP contribution in [-0.4, -0.2) is 16.0 Å². The Morgan fingerprint density at radius 2 is 1.86 bits per heavy atom. The maximum absolute atomic E-state index is 12.6. The van der Waals surface area contributed by atoms with Crippen molar-refractivity contribution in [1.29, 1.82) is 0 Å². The number of aromatic hydroxyl groups is 1. The first-order chi connectivity index (χ1) is 14.1. The average molecular weight is 405 g/mol. The Balaban J connectivity index is 1.56. The third-order valence-electron chi connectivity index (χ3n) is 4.43. The van der Waals surface area contributed by atoms with Gasteiger partial charge in [0.05, 0.1) is 17.5 Å². The lowest BCUT2D eigenvalue weighted by Crippen LogP contribution is -2.22. The number of phenols is 1. The molecule has 0 saturated carbocycles. The number of nitrogens with zero attached hydrogens (tertiary/aromatic N) is 1. The molecule has 4 rings (SSSR count). The van der Waals surface area contributed by atoms with Crippen LogP contribution in [0.4, 0.5) is 0 Å². The summed E-state index contributed by atoms with van der Waals surface area (Å²) in [6.07, 6.45) is 5.16. The molecule has 2 heterocycles. The van der Waals surface area contributed by atoms with E-state index >= 15 is 0 Å². The van der Waals surface area contributed by atoms with Gasteiger partial charge < -0.3 is 14.8 Å². The molecule has 0 atom stereocenters. The Bertz CT molecular complexity index is 1180. The fraction of sp³-hybridized carbons (Fsp3) is 0.0435. The lowest BCUT2D eigenvalue weighted by Gasteiger charge is -2.09. The van der Waals surface area contributed by atoms with E-state index in [9.17, 15) is 9.90 Å². The number of benzene rings is 2. The topological polar surface area (TPSA) is 75.4 Å². The summed E-state index contributed by atoms with van der Waals surface area (Å²) in [7, 11) is 0. The van der Waals surface area contributed by atoms with E-state index in [-0.39, 0.29) is 17.2 Å². The molecule has 4 aromatic rings. The van der Waals surface area contributed by atoms with E-state index in [1.807, 2.05) is 30.3 Å². The van der Waals surface area contributed by atoms with Gasteiger partial charge in [0.25, 0.3) is 5.91 Å². The Morgan fingerprint density at radius 1 is 1.07 bits per heavy atom. The lowest BCUT2D eigenvalue weighted by atomic mass is 10.1. The molecule has 5 nitrogen and oxygen atoms in total. The summed E-state index contributed by atoms with van der Waals surface area (Å²) in [5.41, 5.74) is 2.09. The van der Waals surface area contributed by atoms with Gasteiger partial charge in [-0.3, -0.25) is 4.79 Å². The predicted octanol–water partition coefficient (Wildman–Crippen LogP) is 5.29. The molecule has 2 aromatic heterocycles. The monoisotopic (exact) mass is 404 g/mol. The average Bonchev–Trinajstić information content (AvgIpc) is 3.26. The Kier molecular flexibility index (Phi) is 5.31. The minimum atomic E-state index is -0.377. The zero-order valence-electron chi connectivity index (χ0n) is 15.3. The van der Waals surface area contributed by atoms with Crippen LogP contribution in [0.25, 0.3) is 23.1 Å². The zero-order chi connectivity index (χ0) is 20.2. The fourth-order valence-corrected chi connectivity index (χ4v) is 3.02. The van der Waals surface area contributed by atoms with Crippen molar-refractivity contribution in [3.8, 4) is 5.75 Å². The largest absolute Gasteiger partial charge is 0.505 e. The number of hydrogen-bond donors (Lipinski definition) is 2. The molecule has 0 fully saturated rings. The van der Waals surface area contributed by atoms with Crippen LogP contribution in [0.15, 0.2) is 71.3 Å². The number of pyridine rings is 1. The molecule has 6 heteroatoms. The van der Waals surface area contributed by atoms with Gasteiger partial charge in [-0.2, -0.15) is 0 Å². The van der Waals surface area contributed by atoms with Crippen LogP contribution < -0.4 is 5.32 Å². The minimum absolute atomic E-state index is 0.149. The highest BCUT2D eigenvalue weighted by atomic mass is 35.5. The number of carbonyl (C=O) groups excluding carboxylic acids is 1. The Labute approximate surface area is 172 Å². The number of aromatic nitrogens is 1. The van der Waals surface area contributed by atoms with E-state index in [0.29, 0.717) is 28.5 Å². The summed E-state index contributed by atoms with van der Waals surface area (Å²) in [5, 5.41) is 14.8. The second kappa shape index (κ2) is 8.20. The van der Waals surface area contributed by atoms with Crippen molar-refractivity contribution in [2.24, 2.45) is 0 Å². The Morgan fingerprint density at radius 3 is 2.62 bits per heavy atom. The third-order valence-corrected chi connectivity index (χ3v) is 4.68. The van der Waals surface area contributed by atoms with Gasteiger partial charge in [0, 0.05) is 17.0 Å². The van der Waals surface area contributed by atoms with Gasteiger partial charge in [-0.05, 0) is 54.1 Å². The quantitative estimate of drug-likeness (QED) is 0.474. The molecule has 1 amide bonds. The molecule has 0 spiro atoms. The van der Waals surface area contributed by atoms with Crippen molar-refractivity contribution in [2.75, 3.05) is 0 Å². The van der Waals surface area contributed by atoms with Crippen molar-refractivity contribution >= 4 is 40.6 Å². The number of fused-ring (bicyclic) bond motifs is 1. The van der Waals surface area contributed by atoms with Crippen molar-refractivity contribution < 1.29 is 14.3 Å². The van der Waals surface area contributed by atoms with Gasteiger partial charge in [0.1, 0.15) is 11.3 Å². The molecule has 2 N–H and O–H groups in total. The molecule has 0 bridgehead atoms. The molecule has 0 unspecified atom stereocenters. The predicted molar refractivity (Wildman–Crippen MR) is 114 cm³/mol. The van der Waals surface area contributed by atoms with Crippen molar-refractivity contribution in [3.05, 3.63) is 94.5 Å².